The smallest absolute Gasteiger partial charge is 0.338 e. The van der Waals surface area contributed by atoms with Crippen LogP contribution < -0.4 is 16.2 Å². The maximum Gasteiger partial charge on any atom is 0.338 e. The van der Waals surface area contributed by atoms with Crippen molar-refractivity contribution in [2.24, 2.45) is 0 Å². The summed E-state index contributed by atoms with van der Waals surface area (Å²) in [4.78, 5) is 74.6. The van der Waals surface area contributed by atoms with Gasteiger partial charge in [-0.05, 0) is 62.4 Å². The van der Waals surface area contributed by atoms with E-state index in [1.165, 1.54) is 36.4 Å². The monoisotopic (exact) mass is 611 g/mol. The lowest BCUT2D eigenvalue weighted by molar-refractivity contribution is -0.147. The van der Waals surface area contributed by atoms with Crippen LogP contribution in [0.4, 0.5) is 11.4 Å². The highest BCUT2D eigenvalue weighted by Gasteiger charge is 2.14. The van der Waals surface area contributed by atoms with E-state index in [1.807, 2.05) is 0 Å². The van der Waals surface area contributed by atoms with E-state index in [1.54, 1.807) is 26.0 Å². The number of hydrogen-bond donors (Lipinski definition) is 3. The van der Waals surface area contributed by atoms with Gasteiger partial charge in [0.15, 0.2) is 11.8 Å². The molecule has 1 aromatic heterocycles. The van der Waals surface area contributed by atoms with Crippen molar-refractivity contribution in [1.82, 2.24) is 15.2 Å². The van der Waals surface area contributed by atoms with E-state index in [0.29, 0.717) is 22.5 Å². The van der Waals surface area contributed by atoms with Gasteiger partial charge in [-0.2, -0.15) is 0 Å². The van der Waals surface area contributed by atoms with Crippen molar-refractivity contribution in [2.45, 2.75) is 31.8 Å². The summed E-state index contributed by atoms with van der Waals surface area (Å²) in [5.41, 5.74) is 0.969. The molecule has 0 aliphatic rings. The molecule has 3 N–H and O–H groups in total. The van der Waals surface area contributed by atoms with Crippen LogP contribution in [0.1, 0.15) is 46.7 Å². The number of nitrogens with one attached hydrogen (secondary N) is 3. The van der Waals surface area contributed by atoms with Crippen LogP contribution in [0.15, 0.2) is 58.5 Å². The Morgan fingerprint density at radius 2 is 1.30 bits per heavy atom. The fourth-order valence-electron chi connectivity index (χ4n) is 3.35. The molecule has 0 fully saturated rings. The third kappa shape index (κ3) is 10.7. The van der Waals surface area contributed by atoms with Crippen molar-refractivity contribution in [3.8, 4) is 0 Å². The van der Waals surface area contributed by atoms with Gasteiger partial charge < -0.3 is 24.8 Å². The number of nitrogens with zero attached hydrogens (tertiary/aromatic N) is 2. The molecule has 15 heteroatoms. The number of thioether (sulfide) groups is 1. The first-order valence-corrected chi connectivity index (χ1v) is 14.0. The van der Waals surface area contributed by atoms with Crippen LogP contribution in [-0.2, 0) is 35.0 Å². The summed E-state index contributed by atoms with van der Waals surface area (Å²) in [6, 6.07) is 12.2. The second-order valence-corrected chi connectivity index (χ2v) is 9.51. The van der Waals surface area contributed by atoms with Gasteiger partial charge in [-0.15, -0.1) is 10.2 Å². The van der Waals surface area contributed by atoms with Crippen LogP contribution in [-0.4, -0.2) is 70.5 Å². The van der Waals surface area contributed by atoms with Gasteiger partial charge in [-0.3, -0.25) is 24.2 Å². The van der Waals surface area contributed by atoms with Crippen LogP contribution in [0.3, 0.4) is 0 Å². The van der Waals surface area contributed by atoms with Gasteiger partial charge in [0, 0.05) is 17.8 Å². The van der Waals surface area contributed by atoms with Crippen molar-refractivity contribution >= 4 is 52.9 Å². The molecule has 0 saturated carbocycles. The maximum absolute atomic E-state index is 12.3. The quantitative estimate of drug-likeness (QED) is 0.137. The molecule has 0 unspecified atom stereocenters. The van der Waals surface area contributed by atoms with E-state index in [4.69, 9.17) is 14.2 Å². The van der Waals surface area contributed by atoms with Gasteiger partial charge in [-0.1, -0.05) is 11.8 Å². The average molecular weight is 612 g/mol. The van der Waals surface area contributed by atoms with Crippen molar-refractivity contribution < 1.29 is 38.2 Å². The highest BCUT2D eigenvalue weighted by Crippen LogP contribution is 2.14. The average Bonchev–Trinajstić information content (AvgIpc) is 2.99. The zero-order chi connectivity index (χ0) is 31.2. The molecule has 226 valence electrons. The van der Waals surface area contributed by atoms with Gasteiger partial charge in [0.05, 0.1) is 36.5 Å². The summed E-state index contributed by atoms with van der Waals surface area (Å²) in [5.74, 6) is -2.70. The highest BCUT2D eigenvalue weighted by atomic mass is 32.2. The Kier molecular flexibility index (Phi) is 12.4. The summed E-state index contributed by atoms with van der Waals surface area (Å²) >= 11 is 0.952. The summed E-state index contributed by atoms with van der Waals surface area (Å²) in [7, 11) is 0. The third-order valence-electron chi connectivity index (χ3n) is 5.37. The van der Waals surface area contributed by atoms with E-state index in [-0.39, 0.29) is 48.6 Å². The first-order valence-electron chi connectivity index (χ1n) is 13.1. The molecule has 1 heterocycles. The molecule has 0 aliphatic heterocycles. The van der Waals surface area contributed by atoms with E-state index in [2.05, 4.69) is 25.8 Å². The molecule has 2 aromatic carbocycles. The number of ether oxygens (including phenoxy) is 3. The number of benzene rings is 2. The second kappa shape index (κ2) is 16.4. The van der Waals surface area contributed by atoms with Gasteiger partial charge in [0.2, 0.25) is 5.91 Å². The first-order chi connectivity index (χ1) is 20.7. The molecule has 0 radical (unpaired) electrons. The number of amides is 2. The van der Waals surface area contributed by atoms with Crippen LogP contribution in [0.2, 0.25) is 0 Å². The Bertz CT molecular complexity index is 1510. The number of rotatable bonds is 14. The fraction of sp³-hybridized carbons (Fsp3) is 0.286. The second-order valence-electron chi connectivity index (χ2n) is 8.55. The lowest BCUT2D eigenvalue weighted by atomic mass is 10.2. The summed E-state index contributed by atoms with van der Waals surface area (Å²) in [5, 5.41) is 13.0. The predicted octanol–water partition coefficient (Wildman–Crippen LogP) is 2.36. The molecule has 0 saturated heterocycles. The Morgan fingerprint density at radius 3 is 1.81 bits per heavy atom. The van der Waals surface area contributed by atoms with Gasteiger partial charge in [0.1, 0.15) is 5.69 Å². The molecule has 14 nitrogen and oxygen atoms in total. The summed E-state index contributed by atoms with van der Waals surface area (Å²) in [6.07, 6.45) is -0.297. The highest BCUT2D eigenvalue weighted by molar-refractivity contribution is 7.99. The standard InChI is InChI=1S/C28H29N5O9S/c1-3-40-26(38)17-5-9-19(10-6-17)29-22(34)15-42-24(36)14-13-21-25(37)31-28(33-32-21)43-16-23(35)30-20-11-7-18(8-12-20)27(39)41-4-2/h5-12H,3-4,13-16H2,1-2H3,(H,29,34)(H,30,35)(H,31,33,37). The maximum atomic E-state index is 12.3. The van der Waals surface area contributed by atoms with E-state index in [9.17, 15) is 28.8 Å². The summed E-state index contributed by atoms with van der Waals surface area (Å²) in [6.45, 7) is 3.35. The molecule has 0 bridgehead atoms. The molecule has 43 heavy (non-hydrogen) atoms. The molecule has 0 aliphatic carbocycles. The Hall–Kier alpha value is -5.05. The van der Waals surface area contributed by atoms with Crippen LogP contribution in [0.5, 0.6) is 0 Å². The number of carbonyl (C=O) groups is 5. The number of anilines is 2. The van der Waals surface area contributed by atoms with Crippen LogP contribution in [0, 0.1) is 0 Å². The largest absolute Gasteiger partial charge is 0.462 e. The SMILES string of the molecule is CCOC(=O)c1ccc(NC(=O)COC(=O)CCc2nnc(SCC(=O)Nc3ccc(C(=O)OCC)cc3)[nH]c2=O)cc1. The van der Waals surface area contributed by atoms with Crippen molar-refractivity contribution in [1.29, 1.82) is 0 Å². The van der Waals surface area contributed by atoms with E-state index >= 15 is 0 Å². The first kappa shape index (κ1) is 32.5. The number of aryl methyl sites for hydroxylation is 1. The third-order valence-corrected chi connectivity index (χ3v) is 6.24. The number of esters is 3. The minimum Gasteiger partial charge on any atom is -0.462 e. The minimum absolute atomic E-state index is 0.0152. The molecule has 0 atom stereocenters. The molecule has 3 rings (SSSR count). The van der Waals surface area contributed by atoms with Crippen molar-refractivity contribution in [3.63, 3.8) is 0 Å². The van der Waals surface area contributed by atoms with Crippen molar-refractivity contribution in [3.05, 3.63) is 75.7 Å². The Labute approximate surface area is 249 Å². The van der Waals surface area contributed by atoms with E-state index < -0.39 is 36.0 Å². The number of carbonyl (C=O) groups excluding carboxylic acids is 5. The predicted molar refractivity (Wildman–Crippen MR) is 155 cm³/mol. The van der Waals surface area contributed by atoms with Gasteiger partial charge >= 0.3 is 17.9 Å². The number of hydrogen-bond acceptors (Lipinski definition) is 12. The van der Waals surface area contributed by atoms with Crippen LogP contribution >= 0.6 is 11.8 Å². The van der Waals surface area contributed by atoms with Crippen LogP contribution in [0.25, 0.3) is 0 Å². The molecular formula is C28H29N5O9S. The topological polar surface area (TPSA) is 196 Å². The number of aromatic nitrogens is 3. The fourth-order valence-corrected chi connectivity index (χ4v) is 3.95. The molecule has 2 amide bonds. The Morgan fingerprint density at radius 1 is 0.767 bits per heavy atom. The lowest BCUT2D eigenvalue weighted by Gasteiger charge is -2.08. The minimum atomic E-state index is -0.723. The lowest BCUT2D eigenvalue weighted by Crippen LogP contribution is -2.22. The zero-order valence-corrected chi connectivity index (χ0v) is 24.2. The van der Waals surface area contributed by atoms with E-state index in [0.717, 1.165) is 11.8 Å². The van der Waals surface area contributed by atoms with Gasteiger partial charge in [0.25, 0.3) is 11.5 Å². The number of H-pyrrole nitrogens is 1. The normalized spacial score (nSPS) is 10.4. The molecule has 3 aromatic rings. The molecular weight excluding hydrogens is 582 g/mol. The van der Waals surface area contributed by atoms with Gasteiger partial charge in [-0.25, -0.2) is 9.59 Å². The zero-order valence-electron chi connectivity index (χ0n) is 23.3. The molecule has 0 spiro atoms. The summed E-state index contributed by atoms with van der Waals surface area (Å²) < 4.78 is 14.7. The Balaban J connectivity index is 1.38. The van der Waals surface area contributed by atoms with Crippen molar-refractivity contribution in [2.75, 3.05) is 36.2 Å². The number of aromatic amines is 1.